The van der Waals surface area contributed by atoms with Crippen LogP contribution in [0.25, 0.3) is 0 Å². The van der Waals surface area contributed by atoms with E-state index in [1.807, 2.05) is 6.92 Å². The molecule has 1 heterocycles. The van der Waals surface area contributed by atoms with Gasteiger partial charge in [0.1, 0.15) is 0 Å². The van der Waals surface area contributed by atoms with E-state index in [2.05, 4.69) is 0 Å². The molecule has 4 heteroatoms. The van der Waals surface area contributed by atoms with Gasteiger partial charge in [0, 0.05) is 19.6 Å². The Balaban J connectivity index is 2.13. The highest BCUT2D eigenvalue weighted by atomic mass is 16.5. The van der Waals surface area contributed by atoms with Crippen LogP contribution in [0.2, 0.25) is 0 Å². The standard InChI is InChI=1S/C12H22O4/c1-2-7-16-12(14)4-3-11(13)10-5-8-15-9-6-10/h10-11,13H,2-9H2,1H3. The van der Waals surface area contributed by atoms with E-state index in [0.29, 0.717) is 19.4 Å². The van der Waals surface area contributed by atoms with E-state index in [0.717, 1.165) is 32.5 Å². The fraction of sp³-hybridized carbons (Fsp3) is 0.917. The summed E-state index contributed by atoms with van der Waals surface area (Å²) >= 11 is 0. The van der Waals surface area contributed by atoms with E-state index < -0.39 is 6.10 Å². The van der Waals surface area contributed by atoms with Gasteiger partial charge in [-0.3, -0.25) is 4.79 Å². The van der Waals surface area contributed by atoms with Crippen molar-refractivity contribution in [3.63, 3.8) is 0 Å². The third kappa shape index (κ3) is 4.94. The van der Waals surface area contributed by atoms with Crippen LogP contribution in [-0.4, -0.2) is 37.0 Å². The van der Waals surface area contributed by atoms with Crippen LogP contribution in [0.3, 0.4) is 0 Å². The summed E-state index contributed by atoms with van der Waals surface area (Å²) in [4.78, 5) is 11.2. The molecule has 16 heavy (non-hydrogen) atoms. The summed E-state index contributed by atoms with van der Waals surface area (Å²) in [5.74, 6) is 0.0840. The molecule has 1 unspecified atom stereocenters. The Labute approximate surface area is 96.9 Å². The summed E-state index contributed by atoms with van der Waals surface area (Å²) in [6.45, 7) is 3.89. The zero-order valence-electron chi connectivity index (χ0n) is 9.98. The van der Waals surface area contributed by atoms with Crippen LogP contribution in [-0.2, 0) is 14.3 Å². The number of hydrogen-bond donors (Lipinski definition) is 1. The molecule has 0 radical (unpaired) electrons. The molecule has 0 bridgehead atoms. The van der Waals surface area contributed by atoms with Crippen LogP contribution in [0.1, 0.15) is 39.0 Å². The molecule has 0 aromatic carbocycles. The molecule has 0 amide bonds. The van der Waals surface area contributed by atoms with Crippen LogP contribution >= 0.6 is 0 Å². The molecule has 0 aliphatic carbocycles. The second kappa shape index (κ2) is 7.63. The van der Waals surface area contributed by atoms with Gasteiger partial charge < -0.3 is 14.6 Å². The van der Waals surface area contributed by atoms with Crippen molar-refractivity contribution >= 4 is 5.97 Å². The summed E-state index contributed by atoms with van der Waals surface area (Å²) in [5, 5.41) is 9.88. The van der Waals surface area contributed by atoms with Crippen molar-refractivity contribution in [3.05, 3.63) is 0 Å². The predicted molar refractivity (Wildman–Crippen MR) is 60.0 cm³/mol. The van der Waals surface area contributed by atoms with Crippen molar-refractivity contribution in [3.8, 4) is 0 Å². The van der Waals surface area contributed by atoms with E-state index in [9.17, 15) is 9.90 Å². The summed E-state index contributed by atoms with van der Waals surface area (Å²) < 4.78 is 10.2. The Morgan fingerprint density at radius 1 is 1.50 bits per heavy atom. The van der Waals surface area contributed by atoms with Crippen molar-refractivity contribution in [2.24, 2.45) is 5.92 Å². The molecular weight excluding hydrogens is 208 g/mol. The van der Waals surface area contributed by atoms with E-state index >= 15 is 0 Å². The van der Waals surface area contributed by atoms with Gasteiger partial charge in [-0.25, -0.2) is 0 Å². The van der Waals surface area contributed by atoms with E-state index in [4.69, 9.17) is 9.47 Å². The van der Waals surface area contributed by atoms with Gasteiger partial charge in [0.25, 0.3) is 0 Å². The summed E-state index contributed by atoms with van der Waals surface area (Å²) in [5.41, 5.74) is 0. The molecule has 1 rings (SSSR count). The Bertz CT molecular complexity index is 199. The van der Waals surface area contributed by atoms with Gasteiger partial charge >= 0.3 is 5.97 Å². The van der Waals surface area contributed by atoms with E-state index in [-0.39, 0.29) is 11.9 Å². The summed E-state index contributed by atoms with van der Waals surface area (Å²) in [6, 6.07) is 0. The molecule has 0 aromatic heterocycles. The largest absolute Gasteiger partial charge is 0.466 e. The molecule has 94 valence electrons. The number of aliphatic hydroxyl groups is 1. The monoisotopic (exact) mass is 230 g/mol. The number of carbonyl (C=O) groups is 1. The van der Waals surface area contributed by atoms with Gasteiger partial charge in [-0.05, 0) is 31.6 Å². The van der Waals surface area contributed by atoms with Crippen molar-refractivity contribution < 1.29 is 19.4 Å². The Hall–Kier alpha value is -0.610. The molecule has 4 nitrogen and oxygen atoms in total. The van der Waals surface area contributed by atoms with Crippen LogP contribution in [0.15, 0.2) is 0 Å². The van der Waals surface area contributed by atoms with Crippen LogP contribution in [0.4, 0.5) is 0 Å². The molecule has 0 saturated carbocycles. The topological polar surface area (TPSA) is 55.8 Å². The lowest BCUT2D eigenvalue weighted by atomic mass is 9.91. The number of aliphatic hydroxyl groups excluding tert-OH is 1. The molecule has 0 aromatic rings. The van der Waals surface area contributed by atoms with Crippen molar-refractivity contribution in [1.29, 1.82) is 0 Å². The maximum atomic E-state index is 11.2. The molecule has 1 fully saturated rings. The van der Waals surface area contributed by atoms with Gasteiger partial charge in [-0.2, -0.15) is 0 Å². The first-order chi connectivity index (χ1) is 7.74. The van der Waals surface area contributed by atoms with Gasteiger partial charge in [-0.1, -0.05) is 6.92 Å². The van der Waals surface area contributed by atoms with Crippen molar-refractivity contribution in [1.82, 2.24) is 0 Å². The van der Waals surface area contributed by atoms with Crippen LogP contribution < -0.4 is 0 Å². The smallest absolute Gasteiger partial charge is 0.305 e. The lowest BCUT2D eigenvalue weighted by molar-refractivity contribution is -0.144. The summed E-state index contributed by atoms with van der Waals surface area (Å²) in [6.07, 6.45) is 3.06. The number of ether oxygens (including phenoxy) is 2. The second-order valence-corrected chi connectivity index (χ2v) is 4.28. The third-order valence-electron chi connectivity index (χ3n) is 2.92. The van der Waals surface area contributed by atoms with Gasteiger partial charge in [-0.15, -0.1) is 0 Å². The highest BCUT2D eigenvalue weighted by Crippen LogP contribution is 2.21. The minimum absolute atomic E-state index is 0.201. The molecule has 1 saturated heterocycles. The molecule has 1 aliphatic rings. The SMILES string of the molecule is CCCOC(=O)CCC(O)C1CCOCC1. The number of esters is 1. The second-order valence-electron chi connectivity index (χ2n) is 4.28. The highest BCUT2D eigenvalue weighted by Gasteiger charge is 2.22. The first-order valence-corrected chi connectivity index (χ1v) is 6.15. The molecule has 1 N–H and O–H groups in total. The minimum Gasteiger partial charge on any atom is -0.466 e. The highest BCUT2D eigenvalue weighted by molar-refractivity contribution is 5.69. The zero-order chi connectivity index (χ0) is 11.8. The quantitative estimate of drug-likeness (QED) is 0.703. The first-order valence-electron chi connectivity index (χ1n) is 6.15. The fourth-order valence-corrected chi connectivity index (χ4v) is 1.89. The lowest BCUT2D eigenvalue weighted by Gasteiger charge is -2.26. The Morgan fingerprint density at radius 3 is 2.81 bits per heavy atom. The maximum absolute atomic E-state index is 11.2. The minimum atomic E-state index is -0.391. The number of rotatable bonds is 6. The Morgan fingerprint density at radius 2 is 2.19 bits per heavy atom. The van der Waals surface area contributed by atoms with E-state index in [1.54, 1.807) is 0 Å². The number of carbonyl (C=O) groups excluding carboxylic acids is 1. The zero-order valence-corrected chi connectivity index (χ0v) is 9.98. The molecule has 1 aliphatic heterocycles. The lowest BCUT2D eigenvalue weighted by Crippen LogP contribution is -2.28. The van der Waals surface area contributed by atoms with Crippen LogP contribution in [0, 0.1) is 5.92 Å². The average molecular weight is 230 g/mol. The van der Waals surface area contributed by atoms with Crippen molar-refractivity contribution in [2.75, 3.05) is 19.8 Å². The maximum Gasteiger partial charge on any atom is 0.305 e. The fourth-order valence-electron chi connectivity index (χ4n) is 1.89. The molecule has 0 spiro atoms. The molecule has 1 atom stereocenters. The average Bonchev–Trinajstić information content (AvgIpc) is 2.34. The normalized spacial score (nSPS) is 19.4. The Kier molecular flexibility index (Phi) is 6.42. The van der Waals surface area contributed by atoms with Crippen LogP contribution in [0.5, 0.6) is 0 Å². The van der Waals surface area contributed by atoms with E-state index in [1.165, 1.54) is 0 Å². The van der Waals surface area contributed by atoms with Gasteiger partial charge in [0.2, 0.25) is 0 Å². The predicted octanol–water partition coefficient (Wildman–Crippen LogP) is 1.51. The summed E-state index contributed by atoms with van der Waals surface area (Å²) in [7, 11) is 0. The number of hydrogen-bond acceptors (Lipinski definition) is 4. The van der Waals surface area contributed by atoms with Gasteiger partial charge in [0.05, 0.1) is 12.7 Å². The first kappa shape index (κ1) is 13.5. The van der Waals surface area contributed by atoms with Gasteiger partial charge in [0.15, 0.2) is 0 Å². The molecular formula is C12H22O4. The van der Waals surface area contributed by atoms with Crippen molar-refractivity contribution in [2.45, 2.75) is 45.1 Å². The third-order valence-corrected chi connectivity index (χ3v) is 2.92.